The highest BCUT2D eigenvalue weighted by Gasteiger charge is 2.54. The SMILES string of the molecule is CCCCCCC(C)(C)c1cc(OC(=O)CC)c2c(c1)OC(F)(F)C1CCC(C)CC21. The molecule has 0 radical (unpaired) electrons. The minimum atomic E-state index is -3.20. The van der Waals surface area contributed by atoms with E-state index in [1.807, 2.05) is 6.07 Å². The van der Waals surface area contributed by atoms with Crippen LogP contribution in [-0.2, 0) is 10.2 Å². The lowest BCUT2D eigenvalue weighted by Crippen LogP contribution is -2.45. The number of benzene rings is 1. The number of unbranched alkanes of at least 4 members (excludes halogenated alkanes) is 3. The quantitative estimate of drug-likeness (QED) is 0.237. The second-order valence-corrected chi connectivity index (χ2v) is 10.2. The Bertz CT molecular complexity index is 787. The Labute approximate surface area is 185 Å². The molecule has 1 fully saturated rings. The zero-order valence-electron chi connectivity index (χ0n) is 19.7. The molecule has 0 spiro atoms. The van der Waals surface area contributed by atoms with E-state index in [0.29, 0.717) is 30.1 Å². The van der Waals surface area contributed by atoms with Gasteiger partial charge < -0.3 is 9.47 Å². The zero-order chi connectivity index (χ0) is 22.8. The van der Waals surface area contributed by atoms with Gasteiger partial charge in [-0.1, -0.05) is 66.7 Å². The average Bonchev–Trinajstić information content (AvgIpc) is 2.70. The van der Waals surface area contributed by atoms with Crippen molar-refractivity contribution in [3.8, 4) is 11.5 Å². The molecule has 3 atom stereocenters. The maximum Gasteiger partial charge on any atom is 0.401 e. The first-order valence-electron chi connectivity index (χ1n) is 12.0. The average molecular weight is 437 g/mol. The van der Waals surface area contributed by atoms with Gasteiger partial charge in [-0.25, -0.2) is 0 Å². The largest absolute Gasteiger partial charge is 0.432 e. The minimum Gasteiger partial charge on any atom is -0.432 e. The van der Waals surface area contributed by atoms with Crippen LogP contribution in [0.25, 0.3) is 0 Å². The van der Waals surface area contributed by atoms with Crippen LogP contribution in [0.2, 0.25) is 0 Å². The molecule has 3 nitrogen and oxygen atoms in total. The van der Waals surface area contributed by atoms with Gasteiger partial charge in [0.2, 0.25) is 0 Å². The van der Waals surface area contributed by atoms with Crippen LogP contribution in [0.4, 0.5) is 8.78 Å². The Hall–Kier alpha value is -1.65. The number of carbonyl (C=O) groups excluding carboxylic acids is 1. The first kappa shape index (κ1) is 24.0. The molecule has 31 heavy (non-hydrogen) atoms. The van der Waals surface area contributed by atoms with Gasteiger partial charge in [0, 0.05) is 17.9 Å². The topological polar surface area (TPSA) is 35.5 Å². The Morgan fingerprint density at radius 3 is 2.61 bits per heavy atom. The number of rotatable bonds is 8. The summed E-state index contributed by atoms with van der Waals surface area (Å²) >= 11 is 0. The summed E-state index contributed by atoms with van der Waals surface area (Å²) in [5.41, 5.74) is 1.32. The van der Waals surface area contributed by atoms with Crippen LogP contribution >= 0.6 is 0 Å². The molecule has 0 saturated heterocycles. The number of carbonyl (C=O) groups is 1. The van der Waals surface area contributed by atoms with Gasteiger partial charge in [0.1, 0.15) is 11.5 Å². The van der Waals surface area contributed by atoms with Crippen molar-refractivity contribution in [1.29, 1.82) is 0 Å². The molecule has 0 N–H and O–H groups in total. The summed E-state index contributed by atoms with van der Waals surface area (Å²) in [4.78, 5) is 12.2. The van der Waals surface area contributed by atoms with Crippen molar-refractivity contribution in [1.82, 2.24) is 0 Å². The van der Waals surface area contributed by atoms with E-state index >= 15 is 0 Å². The summed E-state index contributed by atoms with van der Waals surface area (Å²) < 4.78 is 41.0. The smallest absolute Gasteiger partial charge is 0.401 e. The number of alkyl halides is 2. The molecule has 1 aliphatic carbocycles. The second kappa shape index (κ2) is 9.46. The van der Waals surface area contributed by atoms with Crippen LogP contribution < -0.4 is 9.47 Å². The molecule has 3 rings (SSSR count). The summed E-state index contributed by atoms with van der Waals surface area (Å²) in [7, 11) is 0. The maximum absolute atomic E-state index is 15.0. The van der Waals surface area contributed by atoms with E-state index in [0.717, 1.165) is 31.2 Å². The molecule has 3 unspecified atom stereocenters. The van der Waals surface area contributed by atoms with Crippen molar-refractivity contribution in [2.75, 3.05) is 0 Å². The fourth-order valence-corrected chi connectivity index (χ4v) is 5.18. The number of hydrogen-bond acceptors (Lipinski definition) is 3. The first-order valence-corrected chi connectivity index (χ1v) is 12.0. The van der Waals surface area contributed by atoms with Crippen molar-refractivity contribution >= 4 is 5.97 Å². The van der Waals surface area contributed by atoms with Crippen LogP contribution in [0.3, 0.4) is 0 Å². The van der Waals surface area contributed by atoms with Gasteiger partial charge in [-0.15, -0.1) is 0 Å². The fourth-order valence-electron chi connectivity index (χ4n) is 5.18. The van der Waals surface area contributed by atoms with Crippen LogP contribution in [0.5, 0.6) is 11.5 Å². The standard InChI is InChI=1S/C26H38F2O3/c1-6-8-9-10-13-25(4,5)18-15-21(30-23(29)7-2)24-19-14-17(3)11-12-20(19)26(27,28)31-22(24)16-18/h15-17,19-20H,6-14H2,1-5H3. The van der Waals surface area contributed by atoms with E-state index in [-0.39, 0.29) is 29.5 Å². The Morgan fingerprint density at radius 1 is 1.19 bits per heavy atom. The molecule has 1 aromatic carbocycles. The lowest BCUT2D eigenvalue weighted by atomic mass is 9.68. The molecule has 1 heterocycles. The number of halogens is 2. The highest BCUT2D eigenvalue weighted by Crippen LogP contribution is 2.57. The minimum absolute atomic E-state index is 0.193. The van der Waals surface area contributed by atoms with E-state index in [9.17, 15) is 13.6 Å². The normalized spacial score (nSPS) is 24.7. The first-order chi connectivity index (χ1) is 14.6. The molecule has 0 aromatic heterocycles. The summed E-state index contributed by atoms with van der Waals surface area (Å²) in [5, 5.41) is 0. The highest BCUT2D eigenvalue weighted by atomic mass is 19.3. The number of esters is 1. The van der Waals surface area contributed by atoms with Crippen molar-refractivity contribution in [3.63, 3.8) is 0 Å². The predicted octanol–water partition coefficient (Wildman–Crippen LogP) is 7.76. The van der Waals surface area contributed by atoms with E-state index in [1.54, 1.807) is 13.0 Å². The van der Waals surface area contributed by atoms with Crippen molar-refractivity contribution < 1.29 is 23.0 Å². The van der Waals surface area contributed by atoms with Gasteiger partial charge in [0.25, 0.3) is 0 Å². The monoisotopic (exact) mass is 436 g/mol. The summed E-state index contributed by atoms with van der Waals surface area (Å²) in [5.74, 6) is -0.615. The molecule has 1 aliphatic heterocycles. The lowest BCUT2D eigenvalue weighted by molar-refractivity contribution is -0.237. The Balaban J connectivity index is 2.04. The van der Waals surface area contributed by atoms with Crippen molar-refractivity contribution in [2.24, 2.45) is 11.8 Å². The Kier molecular flexibility index (Phi) is 7.32. The number of ether oxygens (including phenoxy) is 2. The van der Waals surface area contributed by atoms with Gasteiger partial charge >= 0.3 is 12.1 Å². The lowest BCUT2D eigenvalue weighted by Gasteiger charge is -2.44. The van der Waals surface area contributed by atoms with E-state index < -0.39 is 12.0 Å². The van der Waals surface area contributed by atoms with E-state index in [4.69, 9.17) is 9.47 Å². The molecule has 1 aromatic rings. The van der Waals surface area contributed by atoms with Crippen molar-refractivity contribution in [3.05, 3.63) is 23.3 Å². The van der Waals surface area contributed by atoms with Gasteiger partial charge in [-0.2, -0.15) is 8.78 Å². The molecular formula is C26H38F2O3. The van der Waals surface area contributed by atoms with Crippen molar-refractivity contribution in [2.45, 2.75) is 110 Å². The number of fused-ring (bicyclic) bond motifs is 3. The van der Waals surface area contributed by atoms with E-state index in [1.165, 1.54) is 12.8 Å². The fraction of sp³-hybridized carbons (Fsp3) is 0.731. The molecule has 1 saturated carbocycles. The summed E-state index contributed by atoms with van der Waals surface area (Å²) in [6.07, 6.45) is 4.40. The molecule has 5 heteroatoms. The predicted molar refractivity (Wildman–Crippen MR) is 119 cm³/mol. The summed E-state index contributed by atoms with van der Waals surface area (Å²) in [6, 6.07) is 3.69. The van der Waals surface area contributed by atoms with Crippen LogP contribution in [0.1, 0.15) is 109 Å². The summed E-state index contributed by atoms with van der Waals surface area (Å²) in [6.45, 7) is 10.3. The highest BCUT2D eigenvalue weighted by molar-refractivity contribution is 5.73. The molecule has 0 amide bonds. The third-order valence-corrected chi connectivity index (χ3v) is 7.21. The van der Waals surface area contributed by atoms with Crippen LogP contribution in [0, 0.1) is 11.8 Å². The second-order valence-electron chi connectivity index (χ2n) is 10.2. The van der Waals surface area contributed by atoms with Gasteiger partial charge in [0.15, 0.2) is 0 Å². The molecule has 0 bridgehead atoms. The van der Waals surface area contributed by atoms with Crippen LogP contribution in [0.15, 0.2) is 12.1 Å². The van der Waals surface area contributed by atoms with E-state index in [2.05, 4.69) is 27.7 Å². The van der Waals surface area contributed by atoms with Gasteiger partial charge in [-0.05, 0) is 48.3 Å². The van der Waals surface area contributed by atoms with Gasteiger partial charge in [-0.3, -0.25) is 4.79 Å². The molecule has 174 valence electrons. The van der Waals surface area contributed by atoms with Gasteiger partial charge in [0.05, 0.1) is 5.92 Å². The maximum atomic E-state index is 15.0. The zero-order valence-corrected chi connectivity index (χ0v) is 19.7. The third-order valence-electron chi connectivity index (χ3n) is 7.21. The molecule has 2 aliphatic rings. The van der Waals surface area contributed by atoms with Crippen LogP contribution in [-0.4, -0.2) is 12.1 Å². The Morgan fingerprint density at radius 2 is 1.94 bits per heavy atom. The molecular weight excluding hydrogens is 398 g/mol. The number of hydrogen-bond donors (Lipinski definition) is 0. The third kappa shape index (κ3) is 5.23.